The lowest BCUT2D eigenvalue weighted by atomic mass is 10.1. The highest BCUT2D eigenvalue weighted by atomic mass is 16.5. The number of aliphatic hydroxyl groups excluding tert-OH is 1. The predicted molar refractivity (Wildman–Crippen MR) is 69.8 cm³/mol. The number of nitrogen functional groups attached to an aromatic ring is 1. The largest absolute Gasteiger partial charge is 0.399 e. The number of aliphatic hydroxyl groups is 1. The van der Waals surface area contributed by atoms with Gasteiger partial charge in [0.15, 0.2) is 0 Å². The molecule has 0 spiro atoms. The smallest absolute Gasteiger partial charge is 0.0698 e. The van der Waals surface area contributed by atoms with Gasteiger partial charge in [0.05, 0.1) is 19.8 Å². The lowest BCUT2D eigenvalue weighted by Gasteiger charge is -2.25. The Morgan fingerprint density at radius 3 is 2.53 bits per heavy atom. The molecule has 1 rings (SSSR count). The fourth-order valence-corrected chi connectivity index (χ4v) is 1.60. The van der Waals surface area contributed by atoms with Crippen LogP contribution in [-0.2, 0) is 4.74 Å². The Morgan fingerprint density at radius 2 is 1.94 bits per heavy atom. The van der Waals surface area contributed by atoms with Gasteiger partial charge >= 0.3 is 0 Å². The molecule has 1 atom stereocenters. The van der Waals surface area contributed by atoms with Crippen molar-refractivity contribution in [2.24, 2.45) is 0 Å². The zero-order valence-corrected chi connectivity index (χ0v) is 10.6. The average Bonchev–Trinajstić information content (AvgIpc) is 2.34. The van der Waals surface area contributed by atoms with Gasteiger partial charge in [-0.3, -0.25) is 4.90 Å². The fraction of sp³-hybridized carbons (Fsp3) is 0.538. The summed E-state index contributed by atoms with van der Waals surface area (Å²) in [7, 11) is 2.06. The maximum atomic E-state index is 8.59. The van der Waals surface area contributed by atoms with E-state index in [-0.39, 0.29) is 6.61 Å². The Labute approximate surface area is 103 Å². The molecule has 0 amide bonds. The summed E-state index contributed by atoms with van der Waals surface area (Å²) in [6.07, 6.45) is 0. The van der Waals surface area contributed by atoms with Crippen molar-refractivity contribution in [2.45, 2.75) is 13.0 Å². The molecule has 0 bridgehead atoms. The number of likely N-dealkylation sites (N-methyl/N-ethyl adjacent to an activating group) is 1. The Hall–Kier alpha value is -1.10. The van der Waals surface area contributed by atoms with Gasteiger partial charge in [-0.25, -0.2) is 0 Å². The van der Waals surface area contributed by atoms with E-state index in [1.165, 1.54) is 5.56 Å². The highest BCUT2D eigenvalue weighted by Gasteiger charge is 2.10. The molecule has 3 N–H and O–H groups in total. The van der Waals surface area contributed by atoms with Crippen LogP contribution in [0, 0.1) is 0 Å². The second-order valence-corrected chi connectivity index (χ2v) is 4.16. The van der Waals surface area contributed by atoms with Crippen molar-refractivity contribution in [3.05, 3.63) is 29.8 Å². The van der Waals surface area contributed by atoms with Crippen LogP contribution in [0.5, 0.6) is 0 Å². The minimum atomic E-state index is 0.0806. The van der Waals surface area contributed by atoms with E-state index in [9.17, 15) is 0 Å². The first kappa shape index (κ1) is 14.0. The van der Waals surface area contributed by atoms with E-state index < -0.39 is 0 Å². The lowest BCUT2D eigenvalue weighted by Crippen LogP contribution is -2.26. The number of hydrogen-bond acceptors (Lipinski definition) is 4. The predicted octanol–water partition coefficient (Wildman–Crippen LogP) is 1.27. The van der Waals surface area contributed by atoms with Gasteiger partial charge in [0.1, 0.15) is 0 Å². The minimum absolute atomic E-state index is 0.0806. The zero-order valence-electron chi connectivity index (χ0n) is 10.6. The van der Waals surface area contributed by atoms with Crippen LogP contribution < -0.4 is 5.73 Å². The van der Waals surface area contributed by atoms with Gasteiger partial charge in [-0.1, -0.05) is 12.1 Å². The van der Waals surface area contributed by atoms with Crippen LogP contribution in [0.15, 0.2) is 24.3 Å². The second kappa shape index (κ2) is 7.27. The molecular formula is C13H22N2O2. The van der Waals surface area contributed by atoms with Crippen molar-refractivity contribution in [1.82, 2.24) is 4.90 Å². The molecule has 0 aromatic heterocycles. The summed E-state index contributed by atoms with van der Waals surface area (Å²) in [6, 6.07) is 8.26. The Balaban J connectivity index is 2.40. The third-order valence-corrected chi connectivity index (χ3v) is 2.90. The van der Waals surface area contributed by atoms with Crippen LogP contribution in [0.4, 0.5) is 5.69 Å². The van der Waals surface area contributed by atoms with Gasteiger partial charge in [-0.2, -0.15) is 0 Å². The van der Waals surface area contributed by atoms with Crippen molar-refractivity contribution < 1.29 is 9.84 Å². The summed E-state index contributed by atoms with van der Waals surface area (Å²) in [6.45, 7) is 4.11. The molecular weight excluding hydrogens is 216 g/mol. The summed E-state index contributed by atoms with van der Waals surface area (Å²) in [5, 5.41) is 8.59. The second-order valence-electron chi connectivity index (χ2n) is 4.16. The van der Waals surface area contributed by atoms with Crippen molar-refractivity contribution in [1.29, 1.82) is 0 Å². The van der Waals surface area contributed by atoms with Crippen LogP contribution >= 0.6 is 0 Å². The number of benzene rings is 1. The van der Waals surface area contributed by atoms with Crippen molar-refractivity contribution >= 4 is 5.69 Å². The molecule has 0 aliphatic carbocycles. The molecule has 0 radical (unpaired) electrons. The molecule has 1 aromatic rings. The molecule has 1 unspecified atom stereocenters. The molecule has 1 aromatic carbocycles. The van der Waals surface area contributed by atoms with E-state index in [1.54, 1.807) is 0 Å². The molecule has 4 heteroatoms. The monoisotopic (exact) mass is 238 g/mol. The molecule has 0 saturated carbocycles. The maximum absolute atomic E-state index is 8.59. The summed E-state index contributed by atoms with van der Waals surface area (Å²) in [5.74, 6) is 0. The number of rotatable bonds is 7. The standard InChI is InChI=1S/C13H22N2O2/c1-11(12-3-5-13(14)6-4-12)15(2)7-9-17-10-8-16/h3-6,11,16H,7-10,14H2,1-2H3. The average molecular weight is 238 g/mol. The topological polar surface area (TPSA) is 58.7 Å². The third kappa shape index (κ3) is 4.73. The number of nitrogens with two attached hydrogens (primary N) is 1. The number of ether oxygens (including phenoxy) is 1. The minimum Gasteiger partial charge on any atom is -0.399 e. The highest BCUT2D eigenvalue weighted by molar-refractivity contribution is 5.39. The first-order valence-corrected chi connectivity index (χ1v) is 5.89. The lowest BCUT2D eigenvalue weighted by molar-refractivity contribution is 0.0719. The SMILES string of the molecule is CC(c1ccc(N)cc1)N(C)CCOCCO. The van der Waals surface area contributed by atoms with E-state index in [2.05, 4.69) is 18.9 Å². The van der Waals surface area contributed by atoms with E-state index in [0.29, 0.717) is 19.3 Å². The van der Waals surface area contributed by atoms with Crippen LogP contribution in [0.3, 0.4) is 0 Å². The van der Waals surface area contributed by atoms with E-state index in [4.69, 9.17) is 15.6 Å². The highest BCUT2D eigenvalue weighted by Crippen LogP contribution is 2.19. The summed E-state index contributed by atoms with van der Waals surface area (Å²) in [5.41, 5.74) is 7.69. The maximum Gasteiger partial charge on any atom is 0.0698 e. The first-order valence-electron chi connectivity index (χ1n) is 5.89. The quantitative estimate of drug-likeness (QED) is 0.555. The molecule has 0 fully saturated rings. The first-order chi connectivity index (χ1) is 8.15. The molecule has 17 heavy (non-hydrogen) atoms. The number of anilines is 1. The van der Waals surface area contributed by atoms with Gasteiger partial charge in [0.25, 0.3) is 0 Å². The Bertz CT molecular complexity index is 314. The van der Waals surface area contributed by atoms with Crippen molar-refractivity contribution in [3.63, 3.8) is 0 Å². The van der Waals surface area contributed by atoms with E-state index in [0.717, 1.165) is 12.2 Å². The Kier molecular flexibility index (Phi) is 5.97. The van der Waals surface area contributed by atoms with Gasteiger partial charge in [-0.15, -0.1) is 0 Å². The van der Waals surface area contributed by atoms with Crippen LogP contribution in [0.1, 0.15) is 18.5 Å². The van der Waals surface area contributed by atoms with Crippen LogP contribution in [0.25, 0.3) is 0 Å². The van der Waals surface area contributed by atoms with Crippen LogP contribution in [-0.4, -0.2) is 43.4 Å². The summed E-state index contributed by atoms with van der Waals surface area (Å²) in [4.78, 5) is 2.21. The molecule has 4 nitrogen and oxygen atoms in total. The molecule has 96 valence electrons. The normalized spacial score (nSPS) is 12.9. The van der Waals surface area contributed by atoms with E-state index >= 15 is 0 Å². The Morgan fingerprint density at radius 1 is 1.29 bits per heavy atom. The fourth-order valence-electron chi connectivity index (χ4n) is 1.60. The van der Waals surface area contributed by atoms with Gasteiger partial charge in [0.2, 0.25) is 0 Å². The molecule has 0 saturated heterocycles. The van der Waals surface area contributed by atoms with Crippen molar-refractivity contribution in [3.8, 4) is 0 Å². The number of nitrogens with zero attached hydrogens (tertiary/aromatic N) is 1. The van der Waals surface area contributed by atoms with Crippen LogP contribution in [0.2, 0.25) is 0 Å². The zero-order chi connectivity index (χ0) is 12.7. The molecule has 0 heterocycles. The summed E-state index contributed by atoms with van der Waals surface area (Å²) < 4.78 is 5.25. The van der Waals surface area contributed by atoms with Gasteiger partial charge in [-0.05, 0) is 31.7 Å². The van der Waals surface area contributed by atoms with Crippen molar-refractivity contribution in [2.75, 3.05) is 39.1 Å². The van der Waals surface area contributed by atoms with Gasteiger partial charge < -0.3 is 15.6 Å². The third-order valence-electron chi connectivity index (χ3n) is 2.90. The summed E-state index contributed by atoms with van der Waals surface area (Å²) >= 11 is 0. The van der Waals surface area contributed by atoms with E-state index in [1.807, 2.05) is 24.3 Å². The van der Waals surface area contributed by atoms with Gasteiger partial charge in [0, 0.05) is 18.3 Å². The number of hydrogen-bond donors (Lipinski definition) is 2. The molecule has 0 aliphatic heterocycles. The molecule has 0 aliphatic rings.